The van der Waals surface area contributed by atoms with E-state index in [1.54, 1.807) is 12.1 Å². The highest BCUT2D eigenvalue weighted by Crippen LogP contribution is 2.33. The second-order valence-electron chi connectivity index (χ2n) is 5.72. The number of halogens is 1. The van der Waals surface area contributed by atoms with Crippen LogP contribution in [0.25, 0.3) is 6.08 Å². The third kappa shape index (κ3) is 4.76. The van der Waals surface area contributed by atoms with Gasteiger partial charge >= 0.3 is 0 Å². The molecule has 0 aliphatic heterocycles. The van der Waals surface area contributed by atoms with Crippen molar-refractivity contribution in [2.45, 2.75) is 20.8 Å². The molecule has 134 valence electrons. The van der Waals surface area contributed by atoms with E-state index in [0.717, 1.165) is 11.1 Å². The Morgan fingerprint density at radius 2 is 2.08 bits per heavy atom. The van der Waals surface area contributed by atoms with Crippen LogP contribution < -0.4 is 10.1 Å². The predicted molar refractivity (Wildman–Crippen MR) is 110 cm³/mol. The van der Waals surface area contributed by atoms with Gasteiger partial charge in [0.15, 0.2) is 11.5 Å². The molecule has 1 amide bonds. The van der Waals surface area contributed by atoms with E-state index in [4.69, 9.17) is 4.74 Å². The lowest BCUT2D eigenvalue weighted by atomic mass is 10.1. The molecule has 2 N–H and O–H groups in total. The largest absolute Gasteiger partial charge is 0.504 e. The average Bonchev–Trinajstić information content (AvgIpc) is 2.60. The van der Waals surface area contributed by atoms with Crippen LogP contribution in [0.2, 0.25) is 0 Å². The number of nitrogens with zero attached hydrogens (tertiary/aromatic N) is 1. The number of phenols is 1. The van der Waals surface area contributed by atoms with Gasteiger partial charge in [0.05, 0.1) is 10.2 Å². The van der Waals surface area contributed by atoms with E-state index in [1.165, 1.54) is 6.08 Å². The van der Waals surface area contributed by atoms with Gasteiger partial charge in [-0.1, -0.05) is 12.1 Å². The fraction of sp³-hybridized carbons (Fsp3) is 0.200. The number of carbonyl (C=O) groups excluding carboxylic acids is 1. The summed E-state index contributed by atoms with van der Waals surface area (Å²) < 4.78 is 5.97. The van der Waals surface area contributed by atoms with Crippen LogP contribution in [0.4, 0.5) is 5.69 Å². The maximum Gasteiger partial charge on any atom is 0.266 e. The molecular formula is C20H19IN2O3. The highest BCUT2D eigenvalue weighted by atomic mass is 127. The molecule has 0 saturated carbocycles. The van der Waals surface area contributed by atoms with Crippen molar-refractivity contribution in [1.82, 2.24) is 0 Å². The Balaban J connectivity index is 2.34. The number of hydrogen-bond acceptors (Lipinski definition) is 4. The fourth-order valence-corrected chi connectivity index (χ4v) is 2.94. The number of hydrogen-bond donors (Lipinski definition) is 2. The number of aromatic hydroxyl groups is 1. The number of amides is 1. The van der Waals surface area contributed by atoms with Gasteiger partial charge in [-0.3, -0.25) is 4.79 Å². The minimum absolute atomic E-state index is 0.0326. The van der Waals surface area contributed by atoms with Crippen LogP contribution in [0.15, 0.2) is 35.9 Å². The molecule has 0 atom stereocenters. The fourth-order valence-electron chi connectivity index (χ4n) is 2.32. The highest BCUT2D eigenvalue weighted by Gasteiger charge is 2.13. The number of rotatable bonds is 5. The normalized spacial score (nSPS) is 11.0. The second kappa shape index (κ2) is 8.72. The van der Waals surface area contributed by atoms with Crippen molar-refractivity contribution >= 4 is 40.3 Å². The number of nitriles is 1. The molecule has 0 saturated heterocycles. The SMILES string of the molecule is CCOc1cc(/C=C(/C#N)C(=O)Nc2cc(C)ccc2C)cc(I)c1O. The van der Waals surface area contributed by atoms with Gasteiger partial charge in [-0.15, -0.1) is 0 Å². The summed E-state index contributed by atoms with van der Waals surface area (Å²) in [6.07, 6.45) is 1.48. The first kappa shape index (κ1) is 19.8. The third-order valence-corrected chi connectivity index (χ3v) is 4.49. The lowest BCUT2D eigenvalue weighted by Gasteiger charge is -2.10. The van der Waals surface area contributed by atoms with Crippen molar-refractivity contribution in [3.05, 3.63) is 56.2 Å². The maximum atomic E-state index is 12.5. The van der Waals surface area contributed by atoms with Gasteiger partial charge in [-0.05, 0) is 84.3 Å². The van der Waals surface area contributed by atoms with Gasteiger partial charge in [0.25, 0.3) is 5.91 Å². The van der Waals surface area contributed by atoms with Gasteiger partial charge < -0.3 is 15.2 Å². The van der Waals surface area contributed by atoms with E-state index in [2.05, 4.69) is 5.32 Å². The summed E-state index contributed by atoms with van der Waals surface area (Å²) in [6, 6.07) is 10.9. The molecule has 0 aliphatic carbocycles. The molecule has 2 aromatic rings. The van der Waals surface area contributed by atoms with Crippen molar-refractivity contribution < 1.29 is 14.6 Å². The summed E-state index contributed by atoms with van der Waals surface area (Å²) in [7, 11) is 0. The van der Waals surface area contributed by atoms with Crippen LogP contribution in [0.5, 0.6) is 11.5 Å². The summed E-state index contributed by atoms with van der Waals surface area (Å²) >= 11 is 1.98. The Morgan fingerprint density at radius 3 is 2.73 bits per heavy atom. The third-order valence-electron chi connectivity index (χ3n) is 3.67. The number of anilines is 1. The van der Waals surface area contributed by atoms with E-state index >= 15 is 0 Å². The Labute approximate surface area is 166 Å². The summed E-state index contributed by atoms with van der Waals surface area (Å²) in [5, 5.41) is 22.2. The zero-order valence-electron chi connectivity index (χ0n) is 14.8. The number of phenolic OH excluding ortho intramolecular Hbond substituents is 1. The molecule has 0 heterocycles. The molecule has 0 aliphatic rings. The Bertz CT molecular complexity index is 914. The second-order valence-corrected chi connectivity index (χ2v) is 6.89. The first-order valence-electron chi connectivity index (χ1n) is 8.01. The van der Waals surface area contributed by atoms with E-state index < -0.39 is 5.91 Å². The van der Waals surface area contributed by atoms with Gasteiger partial charge in [0.2, 0.25) is 0 Å². The first-order chi connectivity index (χ1) is 12.3. The molecule has 0 aromatic heterocycles. The lowest BCUT2D eigenvalue weighted by molar-refractivity contribution is -0.112. The molecule has 0 bridgehead atoms. The predicted octanol–water partition coefficient (Wildman–Crippen LogP) is 4.56. The van der Waals surface area contributed by atoms with Crippen LogP contribution in [0, 0.1) is 28.7 Å². The Kier molecular flexibility index (Phi) is 6.64. The molecule has 0 unspecified atom stereocenters. The Morgan fingerprint density at radius 1 is 1.35 bits per heavy atom. The topological polar surface area (TPSA) is 82.3 Å². The molecule has 0 fully saturated rings. The quantitative estimate of drug-likeness (QED) is 0.388. The number of carbonyl (C=O) groups is 1. The first-order valence-corrected chi connectivity index (χ1v) is 9.09. The molecule has 2 aromatic carbocycles. The van der Waals surface area contributed by atoms with Crippen LogP contribution in [-0.4, -0.2) is 17.6 Å². The minimum Gasteiger partial charge on any atom is -0.504 e. The summed E-state index contributed by atoms with van der Waals surface area (Å²) in [4.78, 5) is 12.5. The van der Waals surface area contributed by atoms with Crippen molar-refractivity contribution in [3.8, 4) is 17.6 Å². The standard InChI is InChI=1S/C20H19IN2O3/c1-4-26-18-10-14(9-16(21)19(18)24)8-15(11-22)20(25)23-17-7-12(2)5-6-13(17)3/h5-10,24H,4H2,1-3H3,(H,23,25)/b15-8-. The van der Waals surface area contributed by atoms with E-state index in [1.807, 2.05) is 67.6 Å². The van der Waals surface area contributed by atoms with Gasteiger partial charge in [-0.2, -0.15) is 5.26 Å². The van der Waals surface area contributed by atoms with Gasteiger partial charge in [0.1, 0.15) is 11.6 Å². The van der Waals surface area contributed by atoms with Crippen molar-refractivity contribution in [2.24, 2.45) is 0 Å². The van der Waals surface area contributed by atoms with Crippen molar-refractivity contribution in [2.75, 3.05) is 11.9 Å². The summed E-state index contributed by atoms with van der Waals surface area (Å²) in [6.45, 7) is 6.04. The number of ether oxygens (including phenoxy) is 1. The van der Waals surface area contributed by atoms with Crippen LogP contribution in [0.1, 0.15) is 23.6 Å². The summed E-state index contributed by atoms with van der Waals surface area (Å²) in [5.41, 5.74) is 3.17. The van der Waals surface area contributed by atoms with Crippen LogP contribution in [0.3, 0.4) is 0 Å². The van der Waals surface area contributed by atoms with Gasteiger partial charge in [0, 0.05) is 5.69 Å². The monoisotopic (exact) mass is 462 g/mol. The van der Waals surface area contributed by atoms with E-state index in [-0.39, 0.29) is 11.3 Å². The molecule has 0 spiro atoms. The molecule has 6 heteroatoms. The zero-order chi connectivity index (χ0) is 19.3. The van der Waals surface area contributed by atoms with Crippen molar-refractivity contribution in [3.63, 3.8) is 0 Å². The molecule has 5 nitrogen and oxygen atoms in total. The molecule has 26 heavy (non-hydrogen) atoms. The Hall–Kier alpha value is -2.53. The minimum atomic E-state index is -0.484. The summed E-state index contributed by atoms with van der Waals surface area (Å²) in [5.74, 6) is -0.122. The van der Waals surface area contributed by atoms with Crippen LogP contribution >= 0.6 is 22.6 Å². The van der Waals surface area contributed by atoms with Crippen molar-refractivity contribution in [1.29, 1.82) is 5.26 Å². The lowest BCUT2D eigenvalue weighted by Crippen LogP contribution is -2.14. The number of aryl methyl sites for hydroxylation is 2. The molecule has 2 rings (SSSR count). The van der Waals surface area contributed by atoms with E-state index in [9.17, 15) is 15.2 Å². The highest BCUT2D eigenvalue weighted by molar-refractivity contribution is 14.1. The van der Waals surface area contributed by atoms with E-state index in [0.29, 0.717) is 27.2 Å². The molecular weight excluding hydrogens is 443 g/mol. The van der Waals surface area contributed by atoms with Gasteiger partial charge in [-0.25, -0.2) is 0 Å². The molecule has 0 radical (unpaired) electrons. The smallest absolute Gasteiger partial charge is 0.266 e. The maximum absolute atomic E-state index is 12.5. The average molecular weight is 462 g/mol. The van der Waals surface area contributed by atoms with Crippen LogP contribution in [-0.2, 0) is 4.79 Å². The zero-order valence-corrected chi connectivity index (χ0v) is 16.9. The number of benzene rings is 2. The number of nitrogens with one attached hydrogen (secondary N) is 1.